The summed E-state index contributed by atoms with van der Waals surface area (Å²) in [5, 5.41) is 3.43. The molecule has 1 N–H and O–H groups in total. The highest BCUT2D eigenvalue weighted by atomic mass is 19.1. The summed E-state index contributed by atoms with van der Waals surface area (Å²) in [6.07, 6.45) is 2.28. The van der Waals surface area contributed by atoms with E-state index >= 15 is 0 Å². The highest BCUT2D eigenvalue weighted by Gasteiger charge is 2.50. The minimum absolute atomic E-state index is 0.100. The molecule has 2 aliphatic rings. The Morgan fingerprint density at radius 2 is 1.96 bits per heavy atom. The number of carbonyl (C=O) groups is 1. The number of benzene rings is 2. The predicted octanol–water partition coefficient (Wildman–Crippen LogP) is 3.66. The molecule has 4 rings (SSSR count). The molecule has 1 amide bonds. The van der Waals surface area contributed by atoms with Crippen molar-refractivity contribution in [2.75, 3.05) is 13.6 Å². The molecule has 2 atom stereocenters. The fourth-order valence-corrected chi connectivity index (χ4v) is 4.08. The van der Waals surface area contributed by atoms with Gasteiger partial charge in [-0.3, -0.25) is 10.1 Å². The topological polar surface area (TPSA) is 32.3 Å². The molecule has 2 aliphatic heterocycles. The lowest BCUT2D eigenvalue weighted by molar-refractivity contribution is -0.131. The second kappa shape index (κ2) is 5.92. The lowest BCUT2D eigenvalue weighted by Crippen LogP contribution is -2.47. The average molecular weight is 342 g/mol. The van der Waals surface area contributed by atoms with Crippen molar-refractivity contribution < 1.29 is 13.6 Å². The van der Waals surface area contributed by atoms with Gasteiger partial charge in [-0.1, -0.05) is 18.2 Å². The first-order chi connectivity index (χ1) is 12.0. The van der Waals surface area contributed by atoms with Crippen molar-refractivity contribution in [2.24, 2.45) is 0 Å². The minimum Gasteiger partial charge on any atom is -0.344 e. The van der Waals surface area contributed by atoms with E-state index in [1.165, 1.54) is 18.2 Å². The third-order valence-electron chi connectivity index (χ3n) is 5.45. The van der Waals surface area contributed by atoms with Crippen LogP contribution in [0.1, 0.15) is 30.9 Å². The molecule has 2 saturated heterocycles. The molecule has 0 saturated carbocycles. The van der Waals surface area contributed by atoms with E-state index in [1.54, 1.807) is 23.1 Å². The molecule has 3 nitrogen and oxygen atoms in total. The van der Waals surface area contributed by atoms with Crippen molar-refractivity contribution in [1.82, 2.24) is 10.2 Å². The Hall–Kier alpha value is -2.27. The molecule has 0 radical (unpaired) electrons. The summed E-state index contributed by atoms with van der Waals surface area (Å²) in [5.41, 5.74) is 1.14. The van der Waals surface area contributed by atoms with Gasteiger partial charge in [-0.2, -0.15) is 0 Å². The molecule has 2 aromatic rings. The molecule has 2 heterocycles. The van der Waals surface area contributed by atoms with Gasteiger partial charge >= 0.3 is 0 Å². The van der Waals surface area contributed by atoms with Crippen molar-refractivity contribution in [2.45, 2.75) is 30.8 Å². The molecule has 2 fully saturated rings. The molecule has 25 heavy (non-hydrogen) atoms. The highest BCUT2D eigenvalue weighted by Crippen LogP contribution is 2.40. The zero-order valence-corrected chi connectivity index (χ0v) is 14.1. The van der Waals surface area contributed by atoms with Crippen LogP contribution >= 0.6 is 0 Å². The monoisotopic (exact) mass is 342 g/mol. The zero-order valence-electron chi connectivity index (χ0n) is 14.1. The molecule has 0 bridgehead atoms. The summed E-state index contributed by atoms with van der Waals surface area (Å²) in [4.78, 5) is 14.2. The molecular weight excluding hydrogens is 322 g/mol. The Bertz CT molecular complexity index is 838. The standard InChI is InChI=1S/C20H20F2N2O/c1-24-9-8-20(19(24)25)7-6-18(23-20)14-10-13(11-15(21)12-14)16-4-2-3-5-17(16)22/h2-5,10-12,18,23H,6-9H2,1H3. The van der Waals surface area contributed by atoms with E-state index in [-0.39, 0.29) is 17.8 Å². The van der Waals surface area contributed by atoms with Crippen molar-refractivity contribution in [1.29, 1.82) is 0 Å². The van der Waals surface area contributed by atoms with Crippen LogP contribution in [0.2, 0.25) is 0 Å². The van der Waals surface area contributed by atoms with Gasteiger partial charge in [-0.15, -0.1) is 0 Å². The number of hydrogen-bond acceptors (Lipinski definition) is 2. The molecule has 0 aliphatic carbocycles. The first-order valence-corrected chi connectivity index (χ1v) is 8.57. The Morgan fingerprint density at radius 1 is 1.16 bits per heavy atom. The summed E-state index contributed by atoms with van der Waals surface area (Å²) in [6, 6.07) is 10.9. The predicted molar refractivity (Wildman–Crippen MR) is 91.9 cm³/mol. The number of nitrogens with one attached hydrogen (secondary N) is 1. The van der Waals surface area contributed by atoms with Gasteiger partial charge in [0.05, 0.1) is 0 Å². The highest BCUT2D eigenvalue weighted by molar-refractivity contribution is 5.88. The number of nitrogens with zero attached hydrogens (tertiary/aromatic N) is 1. The van der Waals surface area contributed by atoms with Crippen molar-refractivity contribution >= 4 is 5.91 Å². The number of halogens is 2. The second-order valence-corrected chi connectivity index (χ2v) is 7.05. The van der Waals surface area contributed by atoms with Gasteiger partial charge in [-0.05, 0) is 54.7 Å². The lowest BCUT2D eigenvalue weighted by atomic mass is 9.95. The third kappa shape index (κ3) is 2.72. The number of likely N-dealkylation sites (N-methyl/N-ethyl adjacent to an activating group) is 1. The fraction of sp³-hybridized carbons (Fsp3) is 0.350. The molecular formula is C20H20F2N2O. The first-order valence-electron chi connectivity index (χ1n) is 8.57. The molecule has 5 heteroatoms. The quantitative estimate of drug-likeness (QED) is 0.903. The van der Waals surface area contributed by atoms with E-state index in [0.717, 1.165) is 31.4 Å². The number of likely N-dealkylation sites (tertiary alicyclic amines) is 1. The molecule has 130 valence electrons. The van der Waals surface area contributed by atoms with E-state index in [0.29, 0.717) is 11.1 Å². The lowest BCUT2D eigenvalue weighted by Gasteiger charge is -2.23. The van der Waals surface area contributed by atoms with Gasteiger partial charge in [0.1, 0.15) is 17.2 Å². The van der Waals surface area contributed by atoms with Crippen molar-refractivity contribution in [3.63, 3.8) is 0 Å². The van der Waals surface area contributed by atoms with Gasteiger partial charge < -0.3 is 4.90 Å². The smallest absolute Gasteiger partial charge is 0.242 e. The molecule has 1 spiro atoms. The summed E-state index contributed by atoms with van der Waals surface area (Å²) < 4.78 is 28.2. The van der Waals surface area contributed by atoms with E-state index in [9.17, 15) is 13.6 Å². The van der Waals surface area contributed by atoms with Crippen LogP contribution in [-0.4, -0.2) is 29.9 Å². The molecule has 0 aromatic heterocycles. The van der Waals surface area contributed by atoms with Gasteiger partial charge in [0.15, 0.2) is 0 Å². The fourth-order valence-electron chi connectivity index (χ4n) is 4.08. The zero-order chi connectivity index (χ0) is 17.6. The van der Waals surface area contributed by atoms with E-state index in [1.807, 2.05) is 13.1 Å². The molecule has 2 unspecified atom stereocenters. The Labute approximate surface area is 145 Å². The van der Waals surface area contributed by atoms with E-state index in [4.69, 9.17) is 0 Å². The van der Waals surface area contributed by atoms with Crippen LogP contribution in [0.4, 0.5) is 8.78 Å². The number of carbonyl (C=O) groups excluding carboxylic acids is 1. The summed E-state index contributed by atoms with van der Waals surface area (Å²) in [6.45, 7) is 0.738. The Morgan fingerprint density at radius 3 is 2.68 bits per heavy atom. The summed E-state index contributed by atoms with van der Waals surface area (Å²) >= 11 is 0. The van der Waals surface area contributed by atoms with Crippen molar-refractivity contribution in [3.05, 3.63) is 59.7 Å². The van der Waals surface area contributed by atoms with Gasteiger partial charge in [-0.25, -0.2) is 8.78 Å². The Kier molecular flexibility index (Phi) is 3.84. The average Bonchev–Trinajstić information content (AvgIpc) is 3.15. The van der Waals surface area contributed by atoms with Crippen LogP contribution in [-0.2, 0) is 4.79 Å². The van der Waals surface area contributed by atoms with Gasteiger partial charge in [0.2, 0.25) is 5.91 Å². The number of hydrogen-bond donors (Lipinski definition) is 1. The SMILES string of the molecule is CN1CCC2(CCC(c3cc(F)cc(-c4ccccc4F)c3)N2)C1=O. The first kappa shape index (κ1) is 16.2. The van der Waals surface area contributed by atoms with Crippen LogP contribution < -0.4 is 5.32 Å². The largest absolute Gasteiger partial charge is 0.344 e. The van der Waals surface area contributed by atoms with Gasteiger partial charge in [0, 0.05) is 25.2 Å². The van der Waals surface area contributed by atoms with E-state index < -0.39 is 11.4 Å². The van der Waals surface area contributed by atoms with Gasteiger partial charge in [0.25, 0.3) is 0 Å². The maximum Gasteiger partial charge on any atom is 0.242 e. The maximum absolute atomic E-state index is 14.2. The summed E-state index contributed by atoms with van der Waals surface area (Å²) in [7, 11) is 1.81. The second-order valence-electron chi connectivity index (χ2n) is 7.05. The normalized spacial score (nSPS) is 26.0. The van der Waals surface area contributed by atoms with Crippen LogP contribution in [0.3, 0.4) is 0 Å². The van der Waals surface area contributed by atoms with Crippen LogP contribution in [0, 0.1) is 11.6 Å². The number of amides is 1. The summed E-state index contributed by atoms with van der Waals surface area (Å²) in [5.74, 6) is -0.656. The van der Waals surface area contributed by atoms with Crippen LogP contribution in [0.25, 0.3) is 11.1 Å². The Balaban J connectivity index is 1.66. The van der Waals surface area contributed by atoms with Crippen molar-refractivity contribution in [3.8, 4) is 11.1 Å². The van der Waals surface area contributed by atoms with Crippen LogP contribution in [0.5, 0.6) is 0 Å². The maximum atomic E-state index is 14.2. The van der Waals surface area contributed by atoms with E-state index in [2.05, 4.69) is 5.32 Å². The number of rotatable bonds is 2. The minimum atomic E-state index is -0.524. The van der Waals surface area contributed by atoms with Crippen LogP contribution in [0.15, 0.2) is 42.5 Å². The molecule has 2 aromatic carbocycles. The third-order valence-corrected chi connectivity index (χ3v) is 5.45.